The summed E-state index contributed by atoms with van der Waals surface area (Å²) in [5.74, 6) is -0.0856. The SMILES string of the molecule is O=C(OCC1c2ccccc2-c2ccccc21)N1CCN(C2CCN(C(=O)C(Cc3ccc(O)cc3)OC(=O)N3CCC(N4CCc5ccccc5NC4=O)CC3)CC2)CC1. The van der Waals surface area contributed by atoms with Crippen LogP contribution in [0.5, 0.6) is 5.75 Å². The van der Waals surface area contributed by atoms with Gasteiger partial charge in [-0.15, -0.1) is 0 Å². The van der Waals surface area contributed by atoms with Crippen molar-refractivity contribution in [3.63, 3.8) is 0 Å². The number of amides is 5. The van der Waals surface area contributed by atoms with E-state index in [1.165, 1.54) is 22.3 Å². The molecule has 0 aromatic heterocycles. The van der Waals surface area contributed by atoms with Gasteiger partial charge in [-0.1, -0.05) is 78.9 Å². The van der Waals surface area contributed by atoms with Gasteiger partial charge in [0.05, 0.1) is 0 Å². The zero-order valence-electron chi connectivity index (χ0n) is 34.5. The monoisotopic (exact) mass is 826 g/mol. The number of piperazine rings is 1. The van der Waals surface area contributed by atoms with Crippen molar-refractivity contribution in [3.05, 3.63) is 119 Å². The molecule has 4 aromatic rings. The van der Waals surface area contributed by atoms with Crippen LogP contribution in [0.25, 0.3) is 11.1 Å². The number of carbonyl (C=O) groups excluding carboxylic acids is 4. The van der Waals surface area contributed by atoms with E-state index < -0.39 is 12.2 Å². The molecule has 4 heterocycles. The molecule has 9 rings (SSSR count). The van der Waals surface area contributed by atoms with Crippen molar-refractivity contribution in [1.29, 1.82) is 0 Å². The number of fused-ring (bicyclic) bond motifs is 4. The summed E-state index contributed by atoms with van der Waals surface area (Å²) in [6.45, 7) is 5.44. The first-order valence-corrected chi connectivity index (χ1v) is 21.8. The summed E-state index contributed by atoms with van der Waals surface area (Å²) in [5.41, 5.74) is 7.53. The number of likely N-dealkylation sites (tertiary alicyclic amines) is 2. The Kier molecular flexibility index (Phi) is 11.8. The molecular weight excluding hydrogens is 773 g/mol. The summed E-state index contributed by atoms with van der Waals surface area (Å²) in [5, 5.41) is 12.9. The van der Waals surface area contributed by atoms with Gasteiger partial charge in [-0.2, -0.15) is 0 Å². The third-order valence-corrected chi connectivity index (χ3v) is 13.4. The van der Waals surface area contributed by atoms with Gasteiger partial charge in [-0.05, 0) is 83.7 Å². The minimum Gasteiger partial charge on any atom is -0.508 e. The van der Waals surface area contributed by atoms with Crippen molar-refractivity contribution in [1.82, 2.24) is 24.5 Å². The smallest absolute Gasteiger partial charge is 0.410 e. The molecule has 318 valence electrons. The highest BCUT2D eigenvalue weighted by molar-refractivity contribution is 5.91. The zero-order valence-corrected chi connectivity index (χ0v) is 34.5. The molecule has 4 aromatic carbocycles. The molecule has 0 bridgehead atoms. The van der Waals surface area contributed by atoms with Crippen molar-refractivity contribution >= 4 is 29.8 Å². The highest BCUT2D eigenvalue weighted by atomic mass is 16.6. The Labute approximate surface area is 356 Å². The molecule has 2 N–H and O–H groups in total. The average molecular weight is 827 g/mol. The minimum absolute atomic E-state index is 0.00928. The van der Waals surface area contributed by atoms with Gasteiger partial charge in [-0.25, -0.2) is 14.4 Å². The van der Waals surface area contributed by atoms with E-state index in [0.29, 0.717) is 65.3 Å². The number of piperidine rings is 2. The van der Waals surface area contributed by atoms with Gasteiger partial charge < -0.3 is 39.5 Å². The fraction of sp³-hybridized carbons (Fsp3) is 0.417. The van der Waals surface area contributed by atoms with Crippen molar-refractivity contribution in [2.45, 2.75) is 62.6 Å². The number of hydrogen-bond acceptors (Lipinski definition) is 8. The molecule has 13 nitrogen and oxygen atoms in total. The van der Waals surface area contributed by atoms with Gasteiger partial charge in [0.1, 0.15) is 12.4 Å². The number of hydrogen-bond donors (Lipinski definition) is 2. The third kappa shape index (κ3) is 8.75. The van der Waals surface area contributed by atoms with Crippen LogP contribution >= 0.6 is 0 Å². The van der Waals surface area contributed by atoms with Gasteiger partial charge in [0.2, 0.25) is 0 Å². The third-order valence-electron chi connectivity index (χ3n) is 13.4. The number of phenolic OH excluding ortho intramolecular Hbond substituents is 1. The van der Waals surface area contributed by atoms with Crippen LogP contribution in [0, 0.1) is 0 Å². The number of urea groups is 1. The number of carbonyl (C=O) groups is 4. The van der Waals surface area contributed by atoms with Crippen LogP contribution in [0.4, 0.5) is 20.1 Å². The van der Waals surface area contributed by atoms with Crippen LogP contribution in [0.2, 0.25) is 0 Å². The minimum atomic E-state index is -1.03. The lowest BCUT2D eigenvalue weighted by molar-refractivity contribution is -0.142. The Hall–Kier alpha value is -6.08. The van der Waals surface area contributed by atoms with Crippen molar-refractivity contribution in [2.75, 3.05) is 70.8 Å². The lowest BCUT2D eigenvalue weighted by atomic mass is 9.98. The van der Waals surface area contributed by atoms with E-state index in [-0.39, 0.29) is 48.2 Å². The highest BCUT2D eigenvalue weighted by Gasteiger charge is 2.37. The van der Waals surface area contributed by atoms with Crippen LogP contribution in [0.15, 0.2) is 97.1 Å². The number of aromatic hydroxyl groups is 1. The van der Waals surface area contributed by atoms with Crippen molar-refractivity contribution in [2.24, 2.45) is 0 Å². The molecule has 3 saturated heterocycles. The molecule has 1 unspecified atom stereocenters. The van der Waals surface area contributed by atoms with E-state index in [2.05, 4.69) is 34.5 Å². The summed E-state index contributed by atoms with van der Waals surface area (Å²) >= 11 is 0. The Morgan fingerprint density at radius 1 is 0.656 bits per heavy atom. The van der Waals surface area contributed by atoms with E-state index in [4.69, 9.17) is 9.47 Å². The fourth-order valence-electron chi connectivity index (χ4n) is 9.93. The van der Waals surface area contributed by atoms with Crippen molar-refractivity contribution in [3.8, 4) is 16.9 Å². The quantitative estimate of drug-likeness (QED) is 0.204. The molecule has 0 spiro atoms. The predicted molar refractivity (Wildman–Crippen MR) is 230 cm³/mol. The predicted octanol–water partition coefficient (Wildman–Crippen LogP) is 6.55. The van der Waals surface area contributed by atoms with Crippen molar-refractivity contribution < 1.29 is 33.8 Å². The molecule has 0 radical (unpaired) electrons. The van der Waals surface area contributed by atoms with Gasteiger partial charge in [-0.3, -0.25) is 9.69 Å². The normalized spacial score (nSPS) is 19.3. The number of anilines is 1. The molecule has 5 aliphatic rings. The van der Waals surface area contributed by atoms with Gasteiger partial charge in [0.15, 0.2) is 6.10 Å². The number of nitrogens with one attached hydrogen (secondary N) is 1. The molecule has 3 fully saturated rings. The highest BCUT2D eigenvalue weighted by Crippen LogP contribution is 2.44. The van der Waals surface area contributed by atoms with E-state index in [0.717, 1.165) is 49.2 Å². The van der Waals surface area contributed by atoms with E-state index in [1.54, 1.807) is 34.1 Å². The molecule has 61 heavy (non-hydrogen) atoms. The van der Waals surface area contributed by atoms with E-state index in [9.17, 15) is 24.3 Å². The summed E-state index contributed by atoms with van der Waals surface area (Å²) in [6.07, 6.45) is 1.89. The van der Waals surface area contributed by atoms with Gasteiger partial charge in [0.25, 0.3) is 5.91 Å². The Bertz CT molecular complexity index is 2180. The number of para-hydroxylation sites is 1. The van der Waals surface area contributed by atoms with Gasteiger partial charge in [0, 0.05) is 89.0 Å². The lowest BCUT2D eigenvalue weighted by Gasteiger charge is -2.43. The van der Waals surface area contributed by atoms with E-state index >= 15 is 0 Å². The molecule has 1 atom stereocenters. The van der Waals surface area contributed by atoms with Crippen LogP contribution in [-0.2, 0) is 27.1 Å². The summed E-state index contributed by atoms with van der Waals surface area (Å²) in [6, 6.07) is 31.3. The second-order valence-electron chi connectivity index (χ2n) is 16.9. The molecule has 1 aliphatic carbocycles. The van der Waals surface area contributed by atoms with Crippen LogP contribution in [0.3, 0.4) is 0 Å². The number of benzene rings is 4. The van der Waals surface area contributed by atoms with Crippen LogP contribution in [-0.4, -0.2) is 137 Å². The molecular formula is C48H54N6O7. The number of rotatable bonds is 8. The number of phenols is 1. The first kappa shape index (κ1) is 40.3. The Morgan fingerprint density at radius 2 is 1.25 bits per heavy atom. The fourth-order valence-corrected chi connectivity index (χ4v) is 9.93. The maximum absolute atomic E-state index is 14.2. The van der Waals surface area contributed by atoms with E-state index in [1.807, 2.05) is 58.3 Å². The summed E-state index contributed by atoms with van der Waals surface area (Å²) < 4.78 is 12.0. The lowest BCUT2D eigenvalue weighted by Crippen LogP contribution is -2.56. The summed E-state index contributed by atoms with van der Waals surface area (Å²) in [7, 11) is 0. The van der Waals surface area contributed by atoms with Crippen LogP contribution < -0.4 is 5.32 Å². The number of ether oxygens (including phenoxy) is 2. The summed E-state index contributed by atoms with van der Waals surface area (Å²) in [4.78, 5) is 63.8. The molecule has 13 heteroatoms. The molecule has 0 saturated carbocycles. The maximum Gasteiger partial charge on any atom is 0.410 e. The molecule has 4 aliphatic heterocycles. The maximum atomic E-state index is 14.2. The first-order valence-electron chi connectivity index (χ1n) is 21.8. The van der Waals surface area contributed by atoms with Gasteiger partial charge >= 0.3 is 18.2 Å². The van der Waals surface area contributed by atoms with Crippen LogP contribution in [0.1, 0.15) is 53.9 Å². The average Bonchev–Trinajstić information content (AvgIpc) is 3.51. The second kappa shape index (κ2) is 17.9. The number of nitrogens with zero attached hydrogens (tertiary/aromatic N) is 5. The Balaban J connectivity index is 0.755. The first-order chi connectivity index (χ1) is 29.8. The molecule has 5 amide bonds. The Morgan fingerprint density at radius 3 is 1.93 bits per heavy atom. The standard InChI is InChI=1S/C48H54N6O7/c55-37-15-13-33(14-16-37)31-44(61-48(59)52-24-20-36(21-25-52)54-26-17-34-7-1-6-12-43(34)49-46(54)57)45(56)51-22-18-35(19-23-51)50-27-29-53(30-28-50)47(58)60-32-42-40-10-4-2-8-38(40)39-9-3-5-11-41(39)42/h1-16,35-36,42,44,55H,17-32H2,(H,49,57). The second-order valence-corrected chi connectivity index (χ2v) is 16.9. The largest absolute Gasteiger partial charge is 0.508 e. The zero-order chi connectivity index (χ0) is 41.9. The topological polar surface area (TPSA) is 135 Å².